The molecule has 0 aliphatic carbocycles. The second-order valence-corrected chi connectivity index (χ2v) is 7.85. The molecule has 0 unspecified atom stereocenters. The van der Waals surface area contributed by atoms with Crippen LogP contribution in [0, 0.1) is 5.82 Å². The van der Waals surface area contributed by atoms with E-state index in [9.17, 15) is 17.6 Å². The van der Waals surface area contributed by atoms with Crippen LogP contribution in [0.5, 0.6) is 0 Å². The molecule has 106 valence electrons. The highest BCUT2D eigenvalue weighted by Crippen LogP contribution is 2.27. The third-order valence-electron chi connectivity index (χ3n) is 2.02. The van der Waals surface area contributed by atoms with E-state index in [-0.39, 0.29) is 5.02 Å². The number of halogens is 3. The van der Waals surface area contributed by atoms with E-state index >= 15 is 0 Å². The molecule has 0 aliphatic rings. The van der Waals surface area contributed by atoms with Crippen molar-refractivity contribution in [2.75, 3.05) is 0 Å². The predicted octanol–water partition coefficient (Wildman–Crippen LogP) is 2.93. The van der Waals surface area contributed by atoms with Crippen LogP contribution in [0.15, 0.2) is 17.0 Å². The normalized spacial score (nSPS) is 12.3. The number of carbonyl (C=O) groups excluding carboxylic acids is 1. The van der Waals surface area contributed by atoms with Crippen molar-refractivity contribution in [3.63, 3.8) is 0 Å². The molecule has 0 saturated heterocycles. The zero-order valence-electron chi connectivity index (χ0n) is 10.4. The molecule has 1 rings (SSSR count). The van der Waals surface area contributed by atoms with E-state index in [0.717, 1.165) is 12.1 Å². The van der Waals surface area contributed by atoms with Crippen LogP contribution in [-0.4, -0.2) is 19.9 Å². The van der Waals surface area contributed by atoms with Gasteiger partial charge in [0.25, 0.3) is 15.0 Å². The van der Waals surface area contributed by atoms with Gasteiger partial charge in [0.1, 0.15) is 10.7 Å². The number of carbonyl (C=O) groups is 1. The minimum Gasteiger partial charge on any atom is -0.347 e. The van der Waals surface area contributed by atoms with Crippen LogP contribution in [0.3, 0.4) is 0 Å². The number of nitrogens with one attached hydrogen (secondary N) is 1. The van der Waals surface area contributed by atoms with Gasteiger partial charge in [-0.15, -0.1) is 0 Å². The highest BCUT2D eigenvalue weighted by atomic mass is 35.7. The van der Waals surface area contributed by atoms with Gasteiger partial charge in [-0.2, -0.15) is 0 Å². The molecule has 0 heterocycles. The fourth-order valence-electron chi connectivity index (χ4n) is 1.30. The number of benzene rings is 1. The Morgan fingerprint density at radius 1 is 1.32 bits per heavy atom. The summed E-state index contributed by atoms with van der Waals surface area (Å²) in [5, 5.41) is 2.14. The molecule has 1 N–H and O–H groups in total. The number of amides is 1. The average Bonchev–Trinajstić information content (AvgIpc) is 2.11. The van der Waals surface area contributed by atoms with Crippen molar-refractivity contribution in [3.8, 4) is 0 Å². The minimum absolute atomic E-state index is 0.375. The summed E-state index contributed by atoms with van der Waals surface area (Å²) in [7, 11) is 1.00. The molecule has 1 aromatic rings. The lowest BCUT2D eigenvalue weighted by Gasteiger charge is -2.20. The molecule has 19 heavy (non-hydrogen) atoms. The van der Waals surface area contributed by atoms with Crippen LogP contribution in [0.25, 0.3) is 0 Å². The largest absolute Gasteiger partial charge is 0.347 e. The van der Waals surface area contributed by atoms with Gasteiger partial charge in [0, 0.05) is 16.2 Å². The van der Waals surface area contributed by atoms with Crippen LogP contribution in [0.1, 0.15) is 31.1 Å². The number of hydrogen-bond acceptors (Lipinski definition) is 3. The third-order valence-corrected chi connectivity index (χ3v) is 3.80. The Balaban J connectivity index is 3.34. The standard InChI is InChI=1S/C11H12Cl2FNO3S/c1-11(2,3)15-10(16)6-4-9(19(13,17)18)7(12)5-8(6)14/h4-5H,1-3H3,(H,15,16). The van der Waals surface area contributed by atoms with Crippen LogP contribution >= 0.6 is 22.3 Å². The van der Waals surface area contributed by atoms with Crippen molar-refractivity contribution in [2.45, 2.75) is 31.2 Å². The molecule has 0 bridgehead atoms. The summed E-state index contributed by atoms with van der Waals surface area (Å²) in [6.45, 7) is 5.12. The van der Waals surface area contributed by atoms with Crippen LogP contribution in [0.4, 0.5) is 4.39 Å². The smallest absolute Gasteiger partial charge is 0.262 e. The molecular weight excluding hydrogens is 316 g/mol. The molecule has 0 fully saturated rings. The lowest BCUT2D eigenvalue weighted by Crippen LogP contribution is -2.41. The summed E-state index contributed by atoms with van der Waals surface area (Å²) in [4.78, 5) is 11.3. The molecule has 8 heteroatoms. The molecular formula is C11H12Cl2FNO3S. The maximum absolute atomic E-state index is 13.7. The maximum Gasteiger partial charge on any atom is 0.262 e. The first-order valence-corrected chi connectivity index (χ1v) is 7.87. The second kappa shape index (κ2) is 5.26. The van der Waals surface area contributed by atoms with E-state index in [4.69, 9.17) is 22.3 Å². The molecule has 0 aliphatic heterocycles. The average molecular weight is 328 g/mol. The van der Waals surface area contributed by atoms with Crippen molar-refractivity contribution in [1.29, 1.82) is 0 Å². The summed E-state index contributed by atoms with van der Waals surface area (Å²) in [5.74, 6) is -1.67. The van der Waals surface area contributed by atoms with E-state index in [0.29, 0.717) is 0 Å². The molecule has 0 atom stereocenters. The monoisotopic (exact) mass is 327 g/mol. The van der Waals surface area contributed by atoms with E-state index in [1.807, 2.05) is 0 Å². The van der Waals surface area contributed by atoms with Gasteiger partial charge < -0.3 is 5.32 Å². The third kappa shape index (κ3) is 4.33. The van der Waals surface area contributed by atoms with Gasteiger partial charge in [-0.05, 0) is 32.9 Å². The van der Waals surface area contributed by atoms with E-state index in [1.165, 1.54) is 0 Å². The van der Waals surface area contributed by atoms with E-state index < -0.39 is 36.8 Å². The molecule has 4 nitrogen and oxygen atoms in total. The van der Waals surface area contributed by atoms with Crippen molar-refractivity contribution >= 4 is 37.2 Å². The summed E-state index contributed by atoms with van der Waals surface area (Å²) >= 11 is 5.59. The predicted molar refractivity (Wildman–Crippen MR) is 71.7 cm³/mol. The lowest BCUT2D eigenvalue weighted by atomic mass is 10.1. The maximum atomic E-state index is 13.7. The van der Waals surface area contributed by atoms with Gasteiger partial charge in [-0.3, -0.25) is 4.79 Å². The first-order chi connectivity index (χ1) is 8.42. The summed E-state index contributed by atoms with van der Waals surface area (Å²) in [6.07, 6.45) is 0. The molecule has 0 saturated carbocycles. The molecule has 1 amide bonds. The molecule has 0 spiro atoms. The fraction of sp³-hybridized carbons (Fsp3) is 0.364. The van der Waals surface area contributed by atoms with Crippen molar-refractivity contribution in [1.82, 2.24) is 5.32 Å². The van der Waals surface area contributed by atoms with E-state index in [1.54, 1.807) is 20.8 Å². The summed E-state index contributed by atoms with van der Waals surface area (Å²) < 4.78 is 36.2. The fourth-order valence-corrected chi connectivity index (χ4v) is 2.80. The Labute approximate surface area is 120 Å². The van der Waals surface area contributed by atoms with Gasteiger partial charge in [0.15, 0.2) is 0 Å². The van der Waals surface area contributed by atoms with Gasteiger partial charge in [0.05, 0.1) is 10.6 Å². The van der Waals surface area contributed by atoms with Crippen LogP contribution < -0.4 is 5.32 Å². The Morgan fingerprint density at radius 3 is 2.26 bits per heavy atom. The Kier molecular flexibility index (Phi) is 4.49. The van der Waals surface area contributed by atoms with Crippen LogP contribution in [-0.2, 0) is 9.05 Å². The topological polar surface area (TPSA) is 63.2 Å². The Bertz CT molecular complexity index is 624. The first kappa shape index (κ1) is 16.2. The first-order valence-electron chi connectivity index (χ1n) is 5.18. The highest BCUT2D eigenvalue weighted by molar-refractivity contribution is 8.13. The summed E-state index contributed by atoms with van der Waals surface area (Å²) in [5.41, 5.74) is -1.03. The molecule has 1 aromatic carbocycles. The lowest BCUT2D eigenvalue weighted by molar-refractivity contribution is 0.0915. The zero-order chi connectivity index (χ0) is 15.0. The van der Waals surface area contributed by atoms with Crippen molar-refractivity contribution in [3.05, 3.63) is 28.5 Å². The van der Waals surface area contributed by atoms with Gasteiger partial charge in [-0.25, -0.2) is 12.8 Å². The van der Waals surface area contributed by atoms with Gasteiger partial charge in [0.2, 0.25) is 0 Å². The SMILES string of the molecule is CC(C)(C)NC(=O)c1cc(S(=O)(=O)Cl)c(Cl)cc1F. The minimum atomic E-state index is -4.16. The van der Waals surface area contributed by atoms with E-state index in [2.05, 4.69) is 5.32 Å². The van der Waals surface area contributed by atoms with Gasteiger partial charge in [-0.1, -0.05) is 11.6 Å². The van der Waals surface area contributed by atoms with Gasteiger partial charge >= 0.3 is 0 Å². The van der Waals surface area contributed by atoms with Crippen molar-refractivity contribution < 1.29 is 17.6 Å². The number of hydrogen-bond donors (Lipinski definition) is 1. The quantitative estimate of drug-likeness (QED) is 0.849. The molecule has 0 aromatic heterocycles. The highest BCUT2D eigenvalue weighted by Gasteiger charge is 2.23. The number of rotatable bonds is 2. The molecule has 0 radical (unpaired) electrons. The Morgan fingerprint density at radius 2 is 1.84 bits per heavy atom. The zero-order valence-corrected chi connectivity index (χ0v) is 12.7. The Hall–Kier alpha value is -0.850. The van der Waals surface area contributed by atoms with Crippen LogP contribution in [0.2, 0.25) is 5.02 Å². The second-order valence-electron chi connectivity index (χ2n) is 4.90. The summed E-state index contributed by atoms with van der Waals surface area (Å²) in [6, 6.07) is 1.56. The van der Waals surface area contributed by atoms with Crippen molar-refractivity contribution in [2.24, 2.45) is 0 Å².